The number of nitrogens with one attached hydrogen (secondary N) is 1. The molecular weight excluding hydrogens is 246 g/mol. The molecule has 6 nitrogen and oxygen atoms in total. The predicted octanol–water partition coefficient (Wildman–Crippen LogP) is 1.78. The number of hydrogen-bond acceptors (Lipinski definition) is 5. The first kappa shape index (κ1) is 13.2. The van der Waals surface area contributed by atoms with Crippen LogP contribution in [0.2, 0.25) is 0 Å². The Morgan fingerprint density at radius 3 is 3.05 bits per heavy atom. The van der Waals surface area contributed by atoms with Gasteiger partial charge in [0.1, 0.15) is 0 Å². The number of rotatable bonds is 6. The molecule has 0 fully saturated rings. The van der Waals surface area contributed by atoms with E-state index >= 15 is 0 Å². The topological polar surface area (TPSA) is 84.3 Å². The van der Waals surface area contributed by atoms with Crippen LogP contribution in [0.4, 0.5) is 5.95 Å². The van der Waals surface area contributed by atoms with Crippen LogP contribution in [0.15, 0.2) is 24.4 Å². The maximum atomic E-state index is 10.8. The molecule has 0 radical (unpaired) electrons. The lowest BCUT2D eigenvalue weighted by Gasteiger charge is -2.06. The molecular formula is C13H15N3O3. The minimum Gasteiger partial charge on any atom is -0.478 e. The summed E-state index contributed by atoms with van der Waals surface area (Å²) in [5, 5.41) is 12.6. The van der Waals surface area contributed by atoms with Crippen molar-refractivity contribution in [1.29, 1.82) is 0 Å². The maximum absolute atomic E-state index is 10.8. The number of fused-ring (bicyclic) bond motifs is 1. The number of anilines is 1. The Morgan fingerprint density at radius 2 is 2.32 bits per heavy atom. The number of ether oxygens (including phenoxy) is 1. The van der Waals surface area contributed by atoms with Gasteiger partial charge in [0.15, 0.2) is 0 Å². The summed E-state index contributed by atoms with van der Waals surface area (Å²) >= 11 is 0. The van der Waals surface area contributed by atoms with Crippen molar-refractivity contribution in [2.45, 2.75) is 6.92 Å². The molecule has 0 atom stereocenters. The van der Waals surface area contributed by atoms with E-state index < -0.39 is 5.97 Å². The Hall–Kier alpha value is -2.21. The van der Waals surface area contributed by atoms with Gasteiger partial charge in [-0.2, -0.15) is 0 Å². The second-order valence-electron chi connectivity index (χ2n) is 3.90. The quantitative estimate of drug-likeness (QED) is 0.771. The molecule has 0 unspecified atom stereocenters. The summed E-state index contributed by atoms with van der Waals surface area (Å²) in [6.07, 6.45) is 1.61. The normalized spacial score (nSPS) is 10.6. The Bertz CT molecular complexity index is 586. The van der Waals surface area contributed by atoms with Crippen LogP contribution in [-0.4, -0.2) is 40.8 Å². The van der Waals surface area contributed by atoms with Crippen LogP contribution in [-0.2, 0) is 4.74 Å². The SMILES string of the molecule is CCOCCNc1ncc2cc(C(=O)O)ccc2n1. The van der Waals surface area contributed by atoms with E-state index in [1.807, 2.05) is 6.92 Å². The van der Waals surface area contributed by atoms with Gasteiger partial charge in [0.05, 0.1) is 17.7 Å². The molecule has 0 aliphatic carbocycles. The number of hydrogen-bond donors (Lipinski definition) is 2. The average Bonchev–Trinajstić information content (AvgIpc) is 2.43. The lowest BCUT2D eigenvalue weighted by Crippen LogP contribution is -2.11. The van der Waals surface area contributed by atoms with Gasteiger partial charge >= 0.3 is 5.97 Å². The zero-order valence-corrected chi connectivity index (χ0v) is 10.6. The van der Waals surface area contributed by atoms with Gasteiger partial charge in [0.2, 0.25) is 5.95 Å². The fourth-order valence-electron chi connectivity index (χ4n) is 1.63. The average molecular weight is 261 g/mol. The molecule has 2 rings (SSSR count). The minimum atomic E-state index is -0.958. The van der Waals surface area contributed by atoms with E-state index in [-0.39, 0.29) is 5.56 Å². The van der Waals surface area contributed by atoms with Crippen LogP contribution in [0.3, 0.4) is 0 Å². The van der Waals surface area contributed by atoms with Gasteiger partial charge < -0.3 is 15.2 Å². The molecule has 6 heteroatoms. The molecule has 100 valence electrons. The summed E-state index contributed by atoms with van der Waals surface area (Å²) in [4.78, 5) is 19.3. The highest BCUT2D eigenvalue weighted by atomic mass is 16.5. The molecule has 2 N–H and O–H groups in total. The summed E-state index contributed by atoms with van der Waals surface area (Å²) in [6.45, 7) is 3.84. The van der Waals surface area contributed by atoms with Gasteiger partial charge in [-0.25, -0.2) is 14.8 Å². The third-order valence-corrected chi connectivity index (χ3v) is 2.56. The lowest BCUT2D eigenvalue weighted by molar-refractivity contribution is 0.0697. The smallest absolute Gasteiger partial charge is 0.335 e. The number of aromatic nitrogens is 2. The van der Waals surface area contributed by atoms with E-state index in [1.165, 1.54) is 6.07 Å². The molecule has 1 aromatic heterocycles. The summed E-state index contributed by atoms with van der Waals surface area (Å²) in [7, 11) is 0. The second-order valence-corrected chi connectivity index (χ2v) is 3.90. The summed E-state index contributed by atoms with van der Waals surface area (Å²) in [6, 6.07) is 4.76. The Labute approximate surface area is 110 Å². The number of aromatic carboxylic acids is 1. The number of benzene rings is 1. The first-order valence-corrected chi connectivity index (χ1v) is 6.02. The van der Waals surface area contributed by atoms with Crippen molar-refractivity contribution in [2.75, 3.05) is 25.1 Å². The molecule has 0 aliphatic heterocycles. The van der Waals surface area contributed by atoms with E-state index in [9.17, 15) is 4.79 Å². The largest absolute Gasteiger partial charge is 0.478 e. The Balaban J connectivity index is 2.12. The third-order valence-electron chi connectivity index (χ3n) is 2.56. The van der Waals surface area contributed by atoms with Crippen molar-refractivity contribution < 1.29 is 14.6 Å². The monoisotopic (exact) mass is 261 g/mol. The van der Waals surface area contributed by atoms with Gasteiger partial charge in [-0.15, -0.1) is 0 Å². The highest BCUT2D eigenvalue weighted by Crippen LogP contribution is 2.14. The van der Waals surface area contributed by atoms with Crippen LogP contribution in [0.25, 0.3) is 10.9 Å². The molecule has 0 bridgehead atoms. The van der Waals surface area contributed by atoms with Gasteiger partial charge in [-0.05, 0) is 25.1 Å². The number of carboxylic acid groups (broad SMARTS) is 1. The number of carbonyl (C=O) groups is 1. The van der Waals surface area contributed by atoms with Crippen molar-refractivity contribution >= 4 is 22.8 Å². The second kappa shape index (κ2) is 6.10. The molecule has 2 aromatic rings. The molecule has 0 saturated heterocycles. The Morgan fingerprint density at radius 1 is 1.47 bits per heavy atom. The van der Waals surface area contributed by atoms with Crippen molar-refractivity contribution in [3.8, 4) is 0 Å². The van der Waals surface area contributed by atoms with Crippen molar-refractivity contribution in [3.63, 3.8) is 0 Å². The number of carboxylic acids is 1. The zero-order valence-electron chi connectivity index (χ0n) is 10.6. The molecule has 19 heavy (non-hydrogen) atoms. The highest BCUT2D eigenvalue weighted by molar-refractivity contribution is 5.93. The molecule has 0 saturated carbocycles. The van der Waals surface area contributed by atoms with E-state index in [2.05, 4.69) is 15.3 Å². The Kier molecular flexibility index (Phi) is 4.25. The molecule has 1 heterocycles. The number of nitrogens with zero attached hydrogens (tertiary/aromatic N) is 2. The van der Waals surface area contributed by atoms with Gasteiger partial charge in [0.25, 0.3) is 0 Å². The van der Waals surface area contributed by atoms with Crippen molar-refractivity contribution in [2.24, 2.45) is 0 Å². The predicted molar refractivity (Wildman–Crippen MR) is 71.5 cm³/mol. The van der Waals surface area contributed by atoms with E-state index in [0.29, 0.717) is 36.6 Å². The zero-order chi connectivity index (χ0) is 13.7. The molecule has 0 aliphatic rings. The fraction of sp³-hybridized carbons (Fsp3) is 0.308. The van der Waals surface area contributed by atoms with Crippen LogP contribution in [0, 0.1) is 0 Å². The summed E-state index contributed by atoms with van der Waals surface area (Å²) in [5.74, 6) is -0.448. The van der Waals surface area contributed by atoms with E-state index in [4.69, 9.17) is 9.84 Å². The standard InChI is InChI=1S/C13H15N3O3/c1-2-19-6-5-14-13-15-8-10-7-9(12(17)18)3-4-11(10)16-13/h3-4,7-8H,2,5-6H2,1H3,(H,17,18)(H,14,15,16). The minimum absolute atomic E-state index is 0.230. The first-order valence-electron chi connectivity index (χ1n) is 6.02. The molecule has 0 amide bonds. The molecule has 1 aromatic carbocycles. The van der Waals surface area contributed by atoms with Crippen LogP contribution in [0.1, 0.15) is 17.3 Å². The highest BCUT2D eigenvalue weighted by Gasteiger charge is 2.05. The van der Waals surface area contributed by atoms with Crippen LogP contribution in [0.5, 0.6) is 0 Å². The fourth-order valence-corrected chi connectivity index (χ4v) is 1.63. The van der Waals surface area contributed by atoms with Crippen LogP contribution < -0.4 is 5.32 Å². The van der Waals surface area contributed by atoms with E-state index in [1.54, 1.807) is 18.3 Å². The van der Waals surface area contributed by atoms with Gasteiger partial charge in [-0.3, -0.25) is 0 Å². The van der Waals surface area contributed by atoms with Crippen molar-refractivity contribution in [1.82, 2.24) is 9.97 Å². The third kappa shape index (κ3) is 3.38. The van der Waals surface area contributed by atoms with Gasteiger partial charge in [0, 0.05) is 24.7 Å². The van der Waals surface area contributed by atoms with Crippen LogP contribution >= 0.6 is 0 Å². The molecule has 0 spiro atoms. The maximum Gasteiger partial charge on any atom is 0.335 e. The summed E-state index contributed by atoms with van der Waals surface area (Å²) < 4.78 is 5.20. The first-order chi connectivity index (χ1) is 9.20. The van der Waals surface area contributed by atoms with Gasteiger partial charge in [-0.1, -0.05) is 0 Å². The lowest BCUT2D eigenvalue weighted by atomic mass is 10.1. The van der Waals surface area contributed by atoms with Crippen molar-refractivity contribution in [3.05, 3.63) is 30.0 Å². The summed E-state index contributed by atoms with van der Waals surface area (Å²) in [5.41, 5.74) is 0.937. The van der Waals surface area contributed by atoms with E-state index in [0.717, 1.165) is 0 Å².